The van der Waals surface area contributed by atoms with Gasteiger partial charge in [-0.05, 0) is 17.9 Å². The van der Waals surface area contributed by atoms with Gasteiger partial charge in [0.2, 0.25) is 5.89 Å². The topological polar surface area (TPSA) is 76.7 Å². The third-order valence-corrected chi connectivity index (χ3v) is 4.37. The summed E-state index contributed by atoms with van der Waals surface area (Å²) in [4.78, 5) is 10.2. The van der Waals surface area contributed by atoms with E-state index in [-0.39, 0.29) is 0 Å². The summed E-state index contributed by atoms with van der Waals surface area (Å²) in [6.45, 7) is 4.81. The minimum absolute atomic E-state index is 0.547. The Kier molecular flexibility index (Phi) is 4.35. The zero-order chi connectivity index (χ0) is 14.7. The van der Waals surface area contributed by atoms with Gasteiger partial charge in [-0.15, -0.1) is 21.5 Å². The van der Waals surface area contributed by atoms with E-state index in [0.29, 0.717) is 16.9 Å². The number of hydrogen-bond donors (Lipinski definition) is 1. The van der Waals surface area contributed by atoms with Crippen molar-refractivity contribution in [3.63, 3.8) is 0 Å². The van der Waals surface area contributed by atoms with Gasteiger partial charge in [0, 0.05) is 13.5 Å². The zero-order valence-electron chi connectivity index (χ0n) is 11.8. The summed E-state index contributed by atoms with van der Waals surface area (Å²) in [5.74, 6) is 2.85. The van der Waals surface area contributed by atoms with Gasteiger partial charge in [-0.2, -0.15) is 0 Å². The smallest absolute Gasteiger partial charge is 0.277 e. The lowest BCUT2D eigenvalue weighted by atomic mass is 10.3. The van der Waals surface area contributed by atoms with Crippen molar-refractivity contribution >= 4 is 39.1 Å². The third kappa shape index (κ3) is 3.33. The van der Waals surface area contributed by atoms with E-state index in [2.05, 4.69) is 38.5 Å². The first kappa shape index (κ1) is 14.3. The summed E-state index contributed by atoms with van der Waals surface area (Å²) in [5, 5.41) is 14.8. The molecule has 0 aromatic carbocycles. The van der Waals surface area contributed by atoms with Crippen molar-refractivity contribution in [2.75, 3.05) is 11.9 Å². The first-order valence-electron chi connectivity index (χ1n) is 6.67. The lowest BCUT2D eigenvalue weighted by Gasteiger charge is -2.07. The van der Waals surface area contributed by atoms with E-state index in [0.717, 1.165) is 34.8 Å². The monoisotopic (exact) mass is 321 g/mol. The average Bonchev–Trinajstić information content (AvgIpc) is 3.11. The predicted octanol–water partition coefficient (Wildman–Crippen LogP) is 3.50. The number of thioether (sulfide) groups is 1. The van der Waals surface area contributed by atoms with E-state index in [1.54, 1.807) is 18.3 Å². The zero-order valence-corrected chi connectivity index (χ0v) is 13.4. The van der Waals surface area contributed by atoms with Crippen LogP contribution in [-0.4, -0.2) is 26.7 Å². The Morgan fingerprint density at radius 3 is 3.00 bits per heavy atom. The minimum Gasteiger partial charge on any atom is -0.416 e. The molecule has 0 aliphatic rings. The molecule has 1 N–H and O–H groups in total. The second kappa shape index (κ2) is 6.40. The fourth-order valence-corrected chi connectivity index (χ4v) is 3.25. The molecule has 0 aliphatic carbocycles. The van der Waals surface area contributed by atoms with E-state index in [9.17, 15) is 0 Å². The number of thiophene rings is 1. The maximum absolute atomic E-state index is 5.35. The maximum Gasteiger partial charge on any atom is 0.277 e. The molecule has 0 saturated carbocycles. The Labute approximate surface area is 130 Å². The summed E-state index contributed by atoms with van der Waals surface area (Å²) in [6, 6.07) is 2.05. The van der Waals surface area contributed by atoms with Gasteiger partial charge in [0.1, 0.15) is 16.5 Å². The summed E-state index contributed by atoms with van der Waals surface area (Å²) in [7, 11) is 0. The van der Waals surface area contributed by atoms with Gasteiger partial charge in [-0.1, -0.05) is 18.7 Å². The molecule has 0 bridgehead atoms. The van der Waals surface area contributed by atoms with Crippen LogP contribution in [0.5, 0.6) is 0 Å². The quantitative estimate of drug-likeness (QED) is 0.696. The number of fused-ring (bicyclic) bond motifs is 1. The fourth-order valence-electron chi connectivity index (χ4n) is 1.81. The normalized spacial score (nSPS) is 11.1. The standard InChI is InChI=1S/C13H15N5OS2/c1-3-5-14-11-9-4-6-20-12(9)16-10(15-11)7-21-13-18-17-8(2)19-13/h4,6H,3,5,7H2,1-2H3,(H,14,15,16). The molecule has 6 nitrogen and oxygen atoms in total. The molecule has 3 aromatic rings. The highest BCUT2D eigenvalue weighted by Gasteiger charge is 2.10. The van der Waals surface area contributed by atoms with Gasteiger partial charge in [0.15, 0.2) is 0 Å². The molecule has 3 rings (SSSR count). The second-order valence-electron chi connectivity index (χ2n) is 4.43. The van der Waals surface area contributed by atoms with Crippen molar-refractivity contribution in [2.45, 2.75) is 31.2 Å². The number of aryl methyl sites for hydroxylation is 1. The molecule has 21 heavy (non-hydrogen) atoms. The van der Waals surface area contributed by atoms with E-state index < -0.39 is 0 Å². The molecular weight excluding hydrogens is 306 g/mol. The molecule has 0 saturated heterocycles. The number of anilines is 1. The molecule has 110 valence electrons. The van der Waals surface area contributed by atoms with Crippen LogP contribution in [0.1, 0.15) is 25.1 Å². The van der Waals surface area contributed by atoms with Gasteiger partial charge in [0.05, 0.1) is 11.1 Å². The minimum atomic E-state index is 0.547. The van der Waals surface area contributed by atoms with Gasteiger partial charge < -0.3 is 9.73 Å². The van der Waals surface area contributed by atoms with Crippen LogP contribution < -0.4 is 5.32 Å². The summed E-state index contributed by atoms with van der Waals surface area (Å²) in [5.41, 5.74) is 0. The van der Waals surface area contributed by atoms with Crippen LogP contribution in [0.2, 0.25) is 0 Å². The van der Waals surface area contributed by atoms with Crippen molar-refractivity contribution in [1.29, 1.82) is 0 Å². The van der Waals surface area contributed by atoms with Crippen molar-refractivity contribution < 1.29 is 4.42 Å². The highest BCUT2D eigenvalue weighted by Crippen LogP contribution is 2.27. The van der Waals surface area contributed by atoms with Crippen LogP contribution in [0.3, 0.4) is 0 Å². The summed E-state index contributed by atoms with van der Waals surface area (Å²) >= 11 is 3.07. The second-order valence-corrected chi connectivity index (χ2v) is 6.25. The van der Waals surface area contributed by atoms with Crippen LogP contribution in [-0.2, 0) is 5.75 Å². The van der Waals surface area contributed by atoms with Gasteiger partial charge in [0.25, 0.3) is 5.22 Å². The van der Waals surface area contributed by atoms with Crippen LogP contribution in [0.25, 0.3) is 10.2 Å². The Bertz CT molecular complexity index is 739. The Balaban J connectivity index is 1.80. The maximum atomic E-state index is 5.35. The highest BCUT2D eigenvalue weighted by atomic mass is 32.2. The fraction of sp³-hybridized carbons (Fsp3) is 0.385. The van der Waals surface area contributed by atoms with E-state index in [4.69, 9.17) is 4.42 Å². The Hall–Kier alpha value is -1.67. The largest absolute Gasteiger partial charge is 0.416 e. The molecule has 0 aliphatic heterocycles. The van der Waals surface area contributed by atoms with Gasteiger partial charge >= 0.3 is 0 Å². The van der Waals surface area contributed by atoms with E-state index >= 15 is 0 Å². The lowest BCUT2D eigenvalue weighted by Crippen LogP contribution is -2.05. The van der Waals surface area contributed by atoms with Crippen molar-refractivity contribution in [1.82, 2.24) is 20.2 Å². The molecule has 3 aromatic heterocycles. The third-order valence-electron chi connectivity index (χ3n) is 2.75. The molecule has 0 spiro atoms. The molecular formula is C13H15N5OS2. The van der Waals surface area contributed by atoms with Crippen molar-refractivity contribution in [3.05, 3.63) is 23.2 Å². The van der Waals surface area contributed by atoms with Crippen LogP contribution >= 0.6 is 23.1 Å². The molecule has 8 heteroatoms. The van der Waals surface area contributed by atoms with Gasteiger partial charge in [-0.3, -0.25) is 0 Å². The SMILES string of the molecule is CCCNc1nc(CSc2nnc(C)o2)nc2sccc12. The molecule has 0 atom stereocenters. The van der Waals surface area contributed by atoms with E-state index in [1.807, 2.05) is 5.38 Å². The average molecular weight is 321 g/mol. The number of nitrogens with zero attached hydrogens (tertiary/aromatic N) is 4. The van der Waals surface area contributed by atoms with Crippen LogP contribution in [0, 0.1) is 6.92 Å². The lowest BCUT2D eigenvalue weighted by molar-refractivity contribution is 0.429. The number of hydrogen-bond acceptors (Lipinski definition) is 8. The first-order valence-corrected chi connectivity index (χ1v) is 8.53. The van der Waals surface area contributed by atoms with Crippen LogP contribution in [0.4, 0.5) is 5.82 Å². The highest BCUT2D eigenvalue weighted by molar-refractivity contribution is 7.98. The first-order chi connectivity index (χ1) is 10.3. The molecule has 0 radical (unpaired) electrons. The van der Waals surface area contributed by atoms with Crippen molar-refractivity contribution in [2.24, 2.45) is 0 Å². The van der Waals surface area contributed by atoms with E-state index in [1.165, 1.54) is 11.8 Å². The Morgan fingerprint density at radius 1 is 1.33 bits per heavy atom. The molecule has 0 fully saturated rings. The number of nitrogens with one attached hydrogen (secondary N) is 1. The molecule has 0 unspecified atom stereocenters. The summed E-state index contributed by atoms with van der Waals surface area (Å²) < 4.78 is 5.35. The Morgan fingerprint density at radius 2 is 2.24 bits per heavy atom. The van der Waals surface area contributed by atoms with Crippen molar-refractivity contribution in [3.8, 4) is 0 Å². The summed E-state index contributed by atoms with van der Waals surface area (Å²) in [6.07, 6.45) is 1.06. The number of aromatic nitrogens is 4. The van der Waals surface area contributed by atoms with Crippen LogP contribution in [0.15, 0.2) is 21.1 Å². The molecule has 3 heterocycles. The number of rotatable bonds is 6. The van der Waals surface area contributed by atoms with Gasteiger partial charge in [-0.25, -0.2) is 9.97 Å². The molecule has 0 amide bonds. The predicted molar refractivity (Wildman–Crippen MR) is 84.8 cm³/mol.